The number of hydrogen-bond acceptors (Lipinski definition) is 6. The van der Waals surface area contributed by atoms with Crippen molar-refractivity contribution >= 4 is 34.6 Å². The molecule has 0 aliphatic carbocycles. The van der Waals surface area contributed by atoms with E-state index in [9.17, 15) is 0 Å². The Balaban J connectivity index is 1.59. The van der Waals surface area contributed by atoms with Crippen molar-refractivity contribution in [2.45, 2.75) is 13.1 Å². The first-order valence-electron chi connectivity index (χ1n) is 9.84. The summed E-state index contributed by atoms with van der Waals surface area (Å²) in [5.74, 6) is 0.909. The molecule has 0 fully saturated rings. The number of H-pyrrole nitrogens is 1. The van der Waals surface area contributed by atoms with Crippen LogP contribution in [0.2, 0.25) is 0 Å². The van der Waals surface area contributed by atoms with Crippen molar-refractivity contribution < 1.29 is 0 Å². The van der Waals surface area contributed by atoms with Crippen molar-refractivity contribution in [3.8, 4) is 11.1 Å². The molecule has 4 N–H and O–H groups in total. The summed E-state index contributed by atoms with van der Waals surface area (Å²) in [6.07, 6.45) is 5.68. The first-order chi connectivity index (χ1) is 14.6. The summed E-state index contributed by atoms with van der Waals surface area (Å²) in [4.78, 5) is 18.3. The number of hydrogen-bond donors (Lipinski definition) is 3. The third kappa shape index (κ3) is 3.40. The van der Waals surface area contributed by atoms with E-state index in [1.807, 2.05) is 6.21 Å². The Bertz CT molecular complexity index is 1270. The average Bonchev–Trinajstić information content (AvgIpc) is 3.34. The number of nitrogens with two attached hydrogens (primary N) is 1. The number of anilines is 3. The normalized spacial score (nSPS) is 12.6. The van der Waals surface area contributed by atoms with Crippen molar-refractivity contribution in [3.63, 3.8) is 0 Å². The molecule has 150 valence electrons. The lowest BCUT2D eigenvalue weighted by Gasteiger charge is -2.14. The van der Waals surface area contributed by atoms with E-state index >= 15 is 0 Å². The van der Waals surface area contributed by atoms with Gasteiger partial charge in [0.1, 0.15) is 5.82 Å². The van der Waals surface area contributed by atoms with Gasteiger partial charge in [0.05, 0.1) is 6.54 Å². The van der Waals surface area contributed by atoms with Gasteiger partial charge in [-0.3, -0.25) is 4.99 Å². The number of aromatic amines is 1. The zero-order valence-corrected chi connectivity index (χ0v) is 17.0. The van der Waals surface area contributed by atoms with E-state index in [4.69, 9.17) is 5.73 Å². The van der Waals surface area contributed by atoms with E-state index in [2.05, 4.69) is 80.8 Å². The van der Waals surface area contributed by atoms with Crippen molar-refractivity contribution in [1.29, 1.82) is 0 Å². The Morgan fingerprint density at radius 1 is 1.17 bits per heavy atom. The largest absolute Gasteiger partial charge is 0.368 e. The van der Waals surface area contributed by atoms with E-state index in [0.29, 0.717) is 12.4 Å². The van der Waals surface area contributed by atoms with Crippen LogP contribution in [0.1, 0.15) is 16.7 Å². The van der Waals surface area contributed by atoms with Gasteiger partial charge >= 0.3 is 0 Å². The molecule has 0 bridgehead atoms. The number of rotatable bonds is 5. The molecule has 1 aliphatic rings. The van der Waals surface area contributed by atoms with Crippen LogP contribution in [0, 0.1) is 0 Å². The molecule has 2 aromatic carbocycles. The van der Waals surface area contributed by atoms with Crippen LogP contribution in [0.15, 0.2) is 53.8 Å². The molecule has 0 atom stereocenters. The zero-order chi connectivity index (χ0) is 20.7. The second-order valence-corrected chi connectivity index (χ2v) is 7.80. The molecular formula is C23H23N7. The van der Waals surface area contributed by atoms with Crippen LogP contribution in [0.4, 0.5) is 17.5 Å². The quantitative estimate of drug-likeness (QED) is 0.474. The second kappa shape index (κ2) is 7.27. The van der Waals surface area contributed by atoms with Gasteiger partial charge in [0.25, 0.3) is 0 Å². The summed E-state index contributed by atoms with van der Waals surface area (Å²) in [6.45, 7) is 1.59. The molecule has 0 spiro atoms. The highest BCUT2D eigenvalue weighted by Crippen LogP contribution is 2.35. The van der Waals surface area contributed by atoms with Gasteiger partial charge < -0.3 is 20.9 Å². The molecule has 0 radical (unpaired) electrons. The van der Waals surface area contributed by atoms with Gasteiger partial charge in [-0.2, -0.15) is 4.98 Å². The summed E-state index contributed by atoms with van der Waals surface area (Å²) >= 11 is 0. The summed E-state index contributed by atoms with van der Waals surface area (Å²) < 4.78 is 0. The second-order valence-electron chi connectivity index (χ2n) is 7.80. The molecule has 7 nitrogen and oxygen atoms in total. The number of aliphatic imine (C=N–C) groups is 1. The van der Waals surface area contributed by atoms with E-state index < -0.39 is 0 Å². The molecule has 0 unspecified atom stereocenters. The van der Waals surface area contributed by atoms with Gasteiger partial charge in [-0.05, 0) is 66.7 Å². The topological polar surface area (TPSA) is 95.2 Å². The van der Waals surface area contributed by atoms with Crippen molar-refractivity contribution in [2.75, 3.05) is 25.1 Å². The van der Waals surface area contributed by atoms with Crippen molar-refractivity contribution in [2.24, 2.45) is 4.99 Å². The Morgan fingerprint density at radius 2 is 2.07 bits per heavy atom. The first-order valence-corrected chi connectivity index (χ1v) is 9.84. The van der Waals surface area contributed by atoms with Crippen LogP contribution in [-0.4, -0.2) is 40.2 Å². The fourth-order valence-electron chi connectivity index (χ4n) is 3.96. The zero-order valence-electron chi connectivity index (χ0n) is 17.0. The SMILES string of the molecule is CN(C)Cc1c[nH]c2ccc(-c3cc(Nc4ccnc(N)n4)cc4c3CN=C4)cc12. The lowest BCUT2D eigenvalue weighted by Crippen LogP contribution is -2.10. The van der Waals surface area contributed by atoms with Crippen LogP contribution < -0.4 is 11.1 Å². The summed E-state index contributed by atoms with van der Waals surface area (Å²) in [5.41, 5.74) is 13.8. The van der Waals surface area contributed by atoms with Crippen LogP contribution in [0.5, 0.6) is 0 Å². The molecule has 5 rings (SSSR count). The predicted octanol–water partition coefficient (Wildman–Crippen LogP) is 3.94. The molecule has 1 aliphatic heterocycles. The fraction of sp³-hybridized carbons (Fsp3) is 0.174. The molecule has 0 amide bonds. The molecule has 0 saturated heterocycles. The van der Waals surface area contributed by atoms with Crippen LogP contribution in [-0.2, 0) is 13.1 Å². The van der Waals surface area contributed by atoms with E-state index in [1.54, 1.807) is 12.3 Å². The summed E-state index contributed by atoms with van der Waals surface area (Å²) in [5, 5.41) is 4.59. The van der Waals surface area contributed by atoms with Crippen LogP contribution in [0.3, 0.4) is 0 Å². The minimum absolute atomic E-state index is 0.245. The molecule has 4 aromatic rings. The van der Waals surface area contributed by atoms with Crippen LogP contribution >= 0.6 is 0 Å². The number of nitrogens with zero attached hydrogens (tertiary/aromatic N) is 4. The van der Waals surface area contributed by atoms with E-state index in [1.165, 1.54) is 27.6 Å². The highest BCUT2D eigenvalue weighted by Gasteiger charge is 2.16. The predicted molar refractivity (Wildman–Crippen MR) is 122 cm³/mol. The van der Waals surface area contributed by atoms with Gasteiger partial charge in [0.2, 0.25) is 5.95 Å². The highest BCUT2D eigenvalue weighted by atomic mass is 15.1. The number of nitrogen functional groups attached to an aromatic ring is 1. The lowest BCUT2D eigenvalue weighted by molar-refractivity contribution is 0.404. The number of aromatic nitrogens is 3. The minimum atomic E-state index is 0.245. The lowest BCUT2D eigenvalue weighted by atomic mass is 9.94. The van der Waals surface area contributed by atoms with Gasteiger partial charge in [-0.1, -0.05) is 6.07 Å². The Labute approximate surface area is 174 Å². The molecular weight excluding hydrogens is 374 g/mol. The fourth-order valence-corrected chi connectivity index (χ4v) is 3.96. The molecule has 30 heavy (non-hydrogen) atoms. The summed E-state index contributed by atoms with van der Waals surface area (Å²) in [7, 11) is 4.17. The van der Waals surface area contributed by atoms with Crippen LogP contribution in [0.25, 0.3) is 22.0 Å². The Kier molecular flexibility index (Phi) is 4.44. The Hall–Kier alpha value is -3.71. The van der Waals surface area contributed by atoms with E-state index in [0.717, 1.165) is 23.3 Å². The molecule has 0 saturated carbocycles. The third-order valence-corrected chi connectivity index (χ3v) is 5.28. The minimum Gasteiger partial charge on any atom is -0.368 e. The van der Waals surface area contributed by atoms with Crippen molar-refractivity contribution in [1.82, 2.24) is 19.9 Å². The molecule has 2 aromatic heterocycles. The standard InChI is InChI=1S/C23H23N7/c1-30(2)13-16-11-27-21-4-3-14(8-19(16)21)18-9-17(7-15-10-25-12-20(15)18)28-22-5-6-26-23(24)29-22/h3-11,27H,12-13H2,1-2H3,(H3,24,26,28,29). The van der Waals surface area contributed by atoms with Gasteiger partial charge in [-0.25, -0.2) is 4.98 Å². The van der Waals surface area contributed by atoms with Gasteiger partial charge in [0.15, 0.2) is 0 Å². The maximum absolute atomic E-state index is 5.72. The Morgan fingerprint density at radius 3 is 2.90 bits per heavy atom. The number of nitrogens with one attached hydrogen (secondary N) is 2. The summed E-state index contributed by atoms with van der Waals surface area (Å²) in [6, 6.07) is 12.6. The maximum Gasteiger partial charge on any atom is 0.221 e. The molecule has 3 heterocycles. The number of benzene rings is 2. The molecule has 7 heteroatoms. The highest BCUT2D eigenvalue weighted by molar-refractivity contribution is 5.94. The third-order valence-electron chi connectivity index (χ3n) is 5.28. The van der Waals surface area contributed by atoms with Gasteiger partial charge in [0, 0.05) is 47.3 Å². The van der Waals surface area contributed by atoms with Crippen molar-refractivity contribution in [3.05, 3.63) is 65.5 Å². The average molecular weight is 397 g/mol. The van der Waals surface area contributed by atoms with E-state index in [-0.39, 0.29) is 5.95 Å². The maximum atomic E-state index is 5.72. The first kappa shape index (κ1) is 18.3. The number of fused-ring (bicyclic) bond motifs is 2. The monoisotopic (exact) mass is 397 g/mol. The smallest absolute Gasteiger partial charge is 0.221 e. The van der Waals surface area contributed by atoms with Gasteiger partial charge in [-0.15, -0.1) is 0 Å².